The first-order valence-electron chi connectivity index (χ1n) is 6.22. The molecule has 0 saturated carbocycles. The van der Waals surface area contributed by atoms with Gasteiger partial charge in [-0.3, -0.25) is 9.52 Å². The van der Waals surface area contributed by atoms with Crippen LogP contribution < -0.4 is 20.9 Å². The van der Waals surface area contributed by atoms with Gasteiger partial charge in [0.25, 0.3) is 10.2 Å². The fourth-order valence-corrected chi connectivity index (χ4v) is 2.09. The minimum atomic E-state index is -3.82. The molecule has 7 nitrogen and oxygen atoms in total. The van der Waals surface area contributed by atoms with Crippen LogP contribution in [0, 0.1) is 0 Å². The van der Waals surface area contributed by atoms with Crippen LogP contribution in [0.5, 0.6) is 0 Å². The summed E-state index contributed by atoms with van der Waals surface area (Å²) < 4.78 is 23.9. The molecule has 0 aliphatic rings. The lowest BCUT2D eigenvalue weighted by molar-refractivity contribution is -0.116. The Morgan fingerprint density at radius 3 is 2.60 bits per heavy atom. The standard InChI is InChI=1S/C12H20N4O3S/c1-9(13)4-2-7-12(17)15-10-5-3-6-11(8-10)16-20(14,18)19/h3,5-6,8-9,16H,2,4,7,13H2,1H3,(H,15,17)(H2,14,18,19). The lowest BCUT2D eigenvalue weighted by atomic mass is 10.1. The molecule has 1 atom stereocenters. The summed E-state index contributed by atoms with van der Waals surface area (Å²) in [7, 11) is -3.82. The first-order valence-corrected chi connectivity index (χ1v) is 7.77. The Kier molecular flexibility index (Phi) is 5.93. The third-order valence-corrected chi connectivity index (χ3v) is 2.99. The van der Waals surface area contributed by atoms with Gasteiger partial charge in [-0.1, -0.05) is 6.07 Å². The molecular weight excluding hydrogens is 280 g/mol. The van der Waals surface area contributed by atoms with E-state index in [9.17, 15) is 13.2 Å². The van der Waals surface area contributed by atoms with Crippen molar-refractivity contribution >= 4 is 27.5 Å². The predicted octanol–water partition coefficient (Wildman–Crippen LogP) is 0.758. The Hall–Kier alpha value is -1.64. The van der Waals surface area contributed by atoms with Crippen molar-refractivity contribution in [2.45, 2.75) is 32.2 Å². The van der Waals surface area contributed by atoms with Crippen molar-refractivity contribution in [1.82, 2.24) is 0 Å². The highest BCUT2D eigenvalue weighted by atomic mass is 32.2. The molecule has 20 heavy (non-hydrogen) atoms. The summed E-state index contributed by atoms with van der Waals surface area (Å²) in [4.78, 5) is 11.7. The van der Waals surface area contributed by atoms with Gasteiger partial charge in [-0.2, -0.15) is 8.42 Å². The van der Waals surface area contributed by atoms with Gasteiger partial charge in [0.1, 0.15) is 0 Å². The number of benzene rings is 1. The molecule has 0 radical (unpaired) electrons. The van der Waals surface area contributed by atoms with Crippen molar-refractivity contribution in [2.24, 2.45) is 10.9 Å². The van der Waals surface area contributed by atoms with Gasteiger partial charge in [-0.05, 0) is 38.0 Å². The summed E-state index contributed by atoms with van der Waals surface area (Å²) in [5.74, 6) is -0.140. The highest BCUT2D eigenvalue weighted by molar-refractivity contribution is 7.90. The highest BCUT2D eigenvalue weighted by Crippen LogP contribution is 2.16. The van der Waals surface area contributed by atoms with E-state index in [1.165, 1.54) is 12.1 Å². The van der Waals surface area contributed by atoms with E-state index >= 15 is 0 Å². The summed E-state index contributed by atoms with van der Waals surface area (Å²) in [5.41, 5.74) is 6.40. The number of amides is 1. The molecule has 0 aliphatic carbocycles. The van der Waals surface area contributed by atoms with E-state index in [0.29, 0.717) is 24.2 Å². The van der Waals surface area contributed by atoms with Gasteiger partial charge in [0.15, 0.2) is 0 Å². The van der Waals surface area contributed by atoms with E-state index in [1.807, 2.05) is 6.92 Å². The molecule has 1 aromatic rings. The lowest BCUT2D eigenvalue weighted by Gasteiger charge is -2.09. The number of carbonyl (C=O) groups excluding carboxylic acids is 1. The molecule has 8 heteroatoms. The van der Waals surface area contributed by atoms with Crippen LogP contribution in [0.3, 0.4) is 0 Å². The SMILES string of the molecule is CC(N)CCCC(=O)Nc1cccc(NS(N)(=O)=O)c1. The number of nitrogens with one attached hydrogen (secondary N) is 2. The van der Waals surface area contributed by atoms with Crippen molar-refractivity contribution in [1.29, 1.82) is 0 Å². The zero-order valence-corrected chi connectivity index (χ0v) is 12.1. The van der Waals surface area contributed by atoms with Crippen LogP contribution in [0.1, 0.15) is 26.2 Å². The molecule has 0 bridgehead atoms. The molecule has 0 aromatic heterocycles. The minimum Gasteiger partial charge on any atom is -0.328 e. The Balaban J connectivity index is 2.55. The molecule has 1 rings (SSSR count). The fraction of sp³-hybridized carbons (Fsp3) is 0.417. The molecule has 0 saturated heterocycles. The van der Waals surface area contributed by atoms with Crippen LogP contribution in [-0.2, 0) is 15.0 Å². The summed E-state index contributed by atoms with van der Waals surface area (Å²) in [6.45, 7) is 1.89. The number of nitrogens with two attached hydrogens (primary N) is 2. The second-order valence-corrected chi connectivity index (χ2v) is 5.94. The van der Waals surface area contributed by atoms with Crippen LogP contribution in [0.2, 0.25) is 0 Å². The van der Waals surface area contributed by atoms with E-state index in [4.69, 9.17) is 10.9 Å². The molecule has 1 amide bonds. The van der Waals surface area contributed by atoms with Crippen LogP contribution >= 0.6 is 0 Å². The number of carbonyl (C=O) groups is 1. The lowest BCUT2D eigenvalue weighted by Crippen LogP contribution is -2.21. The monoisotopic (exact) mass is 300 g/mol. The fourth-order valence-electron chi connectivity index (χ4n) is 1.63. The smallest absolute Gasteiger partial charge is 0.296 e. The quantitative estimate of drug-likeness (QED) is 0.592. The summed E-state index contributed by atoms with van der Waals surface area (Å²) in [6.07, 6.45) is 1.85. The van der Waals surface area contributed by atoms with Gasteiger partial charge < -0.3 is 11.1 Å². The topological polar surface area (TPSA) is 127 Å². The van der Waals surface area contributed by atoms with Crippen molar-refractivity contribution in [3.63, 3.8) is 0 Å². The van der Waals surface area contributed by atoms with Crippen molar-refractivity contribution in [3.05, 3.63) is 24.3 Å². The van der Waals surface area contributed by atoms with Gasteiger partial charge >= 0.3 is 0 Å². The number of anilines is 2. The largest absolute Gasteiger partial charge is 0.328 e. The number of hydrogen-bond acceptors (Lipinski definition) is 4. The Bertz CT molecular complexity index is 558. The van der Waals surface area contributed by atoms with E-state index in [-0.39, 0.29) is 11.9 Å². The zero-order chi connectivity index (χ0) is 15.2. The van der Waals surface area contributed by atoms with Gasteiger partial charge in [0.2, 0.25) is 5.91 Å². The normalized spacial score (nSPS) is 12.8. The predicted molar refractivity (Wildman–Crippen MR) is 79.3 cm³/mol. The van der Waals surface area contributed by atoms with Gasteiger partial charge in [-0.15, -0.1) is 0 Å². The average molecular weight is 300 g/mol. The maximum atomic E-state index is 11.7. The molecule has 0 fully saturated rings. The van der Waals surface area contributed by atoms with E-state index in [0.717, 1.165) is 6.42 Å². The second-order valence-electron chi connectivity index (χ2n) is 4.65. The third kappa shape index (κ3) is 7.07. The molecule has 0 heterocycles. The maximum Gasteiger partial charge on any atom is 0.296 e. The van der Waals surface area contributed by atoms with Crippen molar-refractivity contribution < 1.29 is 13.2 Å². The Morgan fingerprint density at radius 1 is 1.35 bits per heavy atom. The maximum absolute atomic E-state index is 11.7. The van der Waals surface area contributed by atoms with Crippen LogP contribution in [-0.4, -0.2) is 20.4 Å². The molecule has 6 N–H and O–H groups in total. The van der Waals surface area contributed by atoms with Gasteiger partial charge in [0.05, 0.1) is 5.69 Å². The summed E-state index contributed by atoms with van der Waals surface area (Å²) in [6, 6.07) is 6.39. The van der Waals surface area contributed by atoms with Crippen LogP contribution in [0.4, 0.5) is 11.4 Å². The van der Waals surface area contributed by atoms with Crippen LogP contribution in [0.15, 0.2) is 24.3 Å². The third-order valence-electron chi connectivity index (χ3n) is 2.47. The first kappa shape index (κ1) is 16.4. The summed E-state index contributed by atoms with van der Waals surface area (Å²) in [5, 5.41) is 7.56. The average Bonchev–Trinajstić information content (AvgIpc) is 2.26. The van der Waals surface area contributed by atoms with Gasteiger partial charge in [0, 0.05) is 18.2 Å². The molecule has 0 spiro atoms. The first-order chi connectivity index (χ1) is 9.26. The number of hydrogen-bond donors (Lipinski definition) is 4. The van der Waals surface area contributed by atoms with Crippen molar-refractivity contribution in [2.75, 3.05) is 10.0 Å². The minimum absolute atomic E-state index is 0.0742. The number of rotatable bonds is 7. The molecule has 0 aliphatic heterocycles. The molecular formula is C12H20N4O3S. The van der Waals surface area contributed by atoms with E-state index in [2.05, 4.69) is 10.0 Å². The van der Waals surface area contributed by atoms with E-state index < -0.39 is 10.2 Å². The molecule has 112 valence electrons. The Morgan fingerprint density at radius 2 is 2.00 bits per heavy atom. The van der Waals surface area contributed by atoms with Crippen LogP contribution in [0.25, 0.3) is 0 Å². The van der Waals surface area contributed by atoms with Crippen molar-refractivity contribution in [3.8, 4) is 0 Å². The highest BCUT2D eigenvalue weighted by Gasteiger charge is 2.06. The van der Waals surface area contributed by atoms with Gasteiger partial charge in [-0.25, -0.2) is 5.14 Å². The molecule has 1 unspecified atom stereocenters. The zero-order valence-electron chi connectivity index (χ0n) is 11.3. The molecule has 1 aromatic carbocycles. The van der Waals surface area contributed by atoms with E-state index in [1.54, 1.807) is 12.1 Å². The Labute approximate surface area is 118 Å². The second kappa shape index (κ2) is 7.22. The summed E-state index contributed by atoms with van der Waals surface area (Å²) >= 11 is 0.